The van der Waals surface area contributed by atoms with Gasteiger partial charge in [0, 0.05) is 23.6 Å². The van der Waals surface area contributed by atoms with Crippen molar-refractivity contribution in [1.29, 1.82) is 0 Å². The summed E-state index contributed by atoms with van der Waals surface area (Å²) in [5, 5.41) is 3.56. The molecule has 0 spiro atoms. The normalized spacial score (nSPS) is 13.9. The topological polar surface area (TPSA) is 94.8 Å². The second-order valence-electron chi connectivity index (χ2n) is 6.57. The summed E-state index contributed by atoms with van der Waals surface area (Å²) in [4.78, 5) is 35.6. The molecular weight excluding hydrogens is 350 g/mol. The average molecular weight is 373 g/mol. The standard InChI is InChI=1S/C20H23NO6/c1-3-9-21-19(23)12(2)26-18(22)11-25-13-7-8-15-14-5-4-6-16(14)20(24)27-17(15)10-13/h7-8,10,12H,3-6,9,11H2,1-2H3,(H,21,23)/t12-/m1/s1. The fourth-order valence-electron chi connectivity index (χ4n) is 3.17. The Labute approximate surface area is 156 Å². The van der Waals surface area contributed by atoms with Crippen LogP contribution in [0.5, 0.6) is 5.75 Å². The van der Waals surface area contributed by atoms with Gasteiger partial charge in [-0.2, -0.15) is 0 Å². The van der Waals surface area contributed by atoms with Crippen molar-refractivity contribution in [2.75, 3.05) is 13.2 Å². The van der Waals surface area contributed by atoms with Crippen molar-refractivity contribution >= 4 is 22.8 Å². The Morgan fingerprint density at radius 1 is 1.26 bits per heavy atom. The third-order valence-corrected chi connectivity index (χ3v) is 4.53. The fourth-order valence-corrected chi connectivity index (χ4v) is 3.17. The summed E-state index contributed by atoms with van der Waals surface area (Å²) >= 11 is 0. The van der Waals surface area contributed by atoms with E-state index in [4.69, 9.17) is 13.9 Å². The number of ether oxygens (including phenoxy) is 2. The largest absolute Gasteiger partial charge is 0.482 e. The smallest absolute Gasteiger partial charge is 0.344 e. The van der Waals surface area contributed by atoms with Crippen LogP contribution in [-0.4, -0.2) is 31.1 Å². The quantitative estimate of drug-likeness (QED) is 0.590. The van der Waals surface area contributed by atoms with Crippen LogP contribution in [0.15, 0.2) is 27.4 Å². The molecule has 1 aromatic heterocycles. The van der Waals surface area contributed by atoms with E-state index < -0.39 is 12.1 Å². The molecule has 1 amide bonds. The molecule has 0 aliphatic heterocycles. The molecule has 0 fully saturated rings. The number of carbonyl (C=O) groups is 2. The Balaban J connectivity index is 1.62. The molecule has 2 aromatic rings. The second-order valence-corrected chi connectivity index (χ2v) is 6.57. The summed E-state index contributed by atoms with van der Waals surface area (Å²) in [5.41, 5.74) is 1.94. The van der Waals surface area contributed by atoms with Crippen LogP contribution in [0.25, 0.3) is 11.0 Å². The predicted molar refractivity (Wildman–Crippen MR) is 98.9 cm³/mol. The SMILES string of the molecule is CCCNC(=O)[C@@H](C)OC(=O)COc1ccc2c3c(c(=O)oc2c1)CCC3. The Morgan fingerprint density at radius 2 is 2.04 bits per heavy atom. The molecule has 0 radical (unpaired) electrons. The third-order valence-electron chi connectivity index (χ3n) is 4.53. The minimum Gasteiger partial charge on any atom is -0.482 e. The second kappa shape index (κ2) is 8.24. The van der Waals surface area contributed by atoms with Crippen molar-refractivity contribution < 1.29 is 23.5 Å². The van der Waals surface area contributed by atoms with Crippen LogP contribution in [0.2, 0.25) is 0 Å². The molecule has 1 heterocycles. The van der Waals surface area contributed by atoms with E-state index in [1.165, 1.54) is 6.92 Å². The maximum atomic E-state index is 12.0. The van der Waals surface area contributed by atoms with E-state index in [2.05, 4.69) is 5.32 Å². The molecule has 7 nitrogen and oxygen atoms in total. The summed E-state index contributed by atoms with van der Waals surface area (Å²) < 4.78 is 15.9. The van der Waals surface area contributed by atoms with E-state index >= 15 is 0 Å². The van der Waals surface area contributed by atoms with Crippen LogP contribution in [0.1, 0.15) is 37.8 Å². The van der Waals surface area contributed by atoms with E-state index in [1.807, 2.05) is 13.0 Å². The summed E-state index contributed by atoms with van der Waals surface area (Å²) in [6.45, 7) is 3.63. The Bertz CT molecular complexity index is 917. The highest BCUT2D eigenvalue weighted by atomic mass is 16.6. The number of carbonyl (C=O) groups excluding carboxylic acids is 2. The van der Waals surface area contributed by atoms with Crippen LogP contribution in [-0.2, 0) is 27.2 Å². The first-order valence-electron chi connectivity index (χ1n) is 9.18. The van der Waals surface area contributed by atoms with Gasteiger partial charge < -0.3 is 19.2 Å². The number of rotatable bonds is 7. The van der Waals surface area contributed by atoms with Crippen molar-refractivity contribution in [3.63, 3.8) is 0 Å². The Kier molecular flexibility index (Phi) is 5.78. The summed E-state index contributed by atoms with van der Waals surface area (Å²) in [5.74, 6) is -0.597. The van der Waals surface area contributed by atoms with Gasteiger partial charge >= 0.3 is 11.6 Å². The lowest BCUT2D eigenvalue weighted by Crippen LogP contribution is -2.37. The number of benzene rings is 1. The van der Waals surface area contributed by atoms with Gasteiger partial charge in [0.15, 0.2) is 12.7 Å². The first kappa shape index (κ1) is 18.9. The van der Waals surface area contributed by atoms with Crippen molar-refractivity contribution in [2.24, 2.45) is 0 Å². The monoisotopic (exact) mass is 373 g/mol. The van der Waals surface area contributed by atoms with E-state index in [9.17, 15) is 14.4 Å². The molecule has 27 heavy (non-hydrogen) atoms. The maximum Gasteiger partial charge on any atom is 0.344 e. The van der Waals surface area contributed by atoms with Crippen molar-refractivity contribution in [2.45, 2.75) is 45.6 Å². The van der Waals surface area contributed by atoms with E-state index in [0.717, 1.165) is 42.2 Å². The molecule has 1 atom stereocenters. The van der Waals surface area contributed by atoms with Gasteiger partial charge in [-0.15, -0.1) is 0 Å². The van der Waals surface area contributed by atoms with Gasteiger partial charge in [-0.05, 0) is 50.3 Å². The summed E-state index contributed by atoms with van der Waals surface area (Å²) in [6, 6.07) is 5.16. The third kappa shape index (κ3) is 4.30. The zero-order chi connectivity index (χ0) is 19.4. The number of esters is 1. The highest BCUT2D eigenvalue weighted by Crippen LogP contribution is 2.29. The van der Waals surface area contributed by atoms with Gasteiger partial charge in [0.2, 0.25) is 0 Å². The molecule has 0 unspecified atom stereocenters. The van der Waals surface area contributed by atoms with E-state index in [0.29, 0.717) is 17.9 Å². The molecule has 7 heteroatoms. The average Bonchev–Trinajstić information content (AvgIpc) is 3.15. The fraction of sp³-hybridized carbons (Fsp3) is 0.450. The summed E-state index contributed by atoms with van der Waals surface area (Å²) in [6.07, 6.45) is 2.48. The van der Waals surface area contributed by atoms with Gasteiger partial charge in [0.25, 0.3) is 5.91 Å². The lowest BCUT2D eigenvalue weighted by Gasteiger charge is -2.13. The predicted octanol–water partition coefficient (Wildman–Crippen LogP) is 2.12. The van der Waals surface area contributed by atoms with Gasteiger partial charge in [0.05, 0.1) is 0 Å². The van der Waals surface area contributed by atoms with Crippen LogP contribution in [0.4, 0.5) is 0 Å². The minimum atomic E-state index is -0.884. The number of aryl methyl sites for hydroxylation is 1. The lowest BCUT2D eigenvalue weighted by molar-refractivity contribution is -0.156. The van der Waals surface area contributed by atoms with Crippen LogP contribution < -0.4 is 15.7 Å². The first-order chi connectivity index (χ1) is 13.0. The number of hydrogen-bond acceptors (Lipinski definition) is 6. The van der Waals surface area contributed by atoms with Crippen LogP contribution >= 0.6 is 0 Å². The molecule has 1 N–H and O–H groups in total. The molecule has 0 saturated heterocycles. The Morgan fingerprint density at radius 3 is 2.81 bits per heavy atom. The molecule has 1 aliphatic rings. The van der Waals surface area contributed by atoms with Gasteiger partial charge in [0.1, 0.15) is 11.3 Å². The molecular formula is C20H23NO6. The molecule has 144 valence electrons. The van der Waals surface area contributed by atoms with E-state index in [1.54, 1.807) is 12.1 Å². The zero-order valence-electron chi connectivity index (χ0n) is 15.5. The van der Waals surface area contributed by atoms with Crippen LogP contribution in [0.3, 0.4) is 0 Å². The van der Waals surface area contributed by atoms with Gasteiger partial charge in [-0.1, -0.05) is 6.92 Å². The van der Waals surface area contributed by atoms with Gasteiger partial charge in [-0.3, -0.25) is 4.79 Å². The number of hydrogen-bond donors (Lipinski definition) is 1. The Hall–Kier alpha value is -2.83. The zero-order valence-corrected chi connectivity index (χ0v) is 15.5. The maximum absolute atomic E-state index is 12.0. The highest BCUT2D eigenvalue weighted by Gasteiger charge is 2.20. The van der Waals surface area contributed by atoms with Crippen molar-refractivity contribution in [3.8, 4) is 5.75 Å². The molecule has 0 bridgehead atoms. The van der Waals surface area contributed by atoms with E-state index in [-0.39, 0.29) is 18.1 Å². The first-order valence-corrected chi connectivity index (χ1v) is 9.18. The molecule has 1 aliphatic carbocycles. The number of nitrogens with one attached hydrogen (secondary N) is 1. The summed E-state index contributed by atoms with van der Waals surface area (Å²) in [7, 11) is 0. The molecule has 1 aromatic carbocycles. The van der Waals surface area contributed by atoms with Gasteiger partial charge in [-0.25, -0.2) is 9.59 Å². The number of amides is 1. The van der Waals surface area contributed by atoms with Crippen molar-refractivity contribution in [1.82, 2.24) is 5.32 Å². The molecule has 3 rings (SSSR count). The molecule has 0 saturated carbocycles. The lowest BCUT2D eigenvalue weighted by atomic mass is 10.1. The minimum absolute atomic E-state index is 0.307. The van der Waals surface area contributed by atoms with Crippen molar-refractivity contribution in [3.05, 3.63) is 39.7 Å². The number of fused-ring (bicyclic) bond motifs is 3. The van der Waals surface area contributed by atoms with Crippen LogP contribution in [0, 0.1) is 0 Å². The highest BCUT2D eigenvalue weighted by molar-refractivity contribution is 5.84.